The zero-order chi connectivity index (χ0) is 12.3. The van der Waals surface area contributed by atoms with Crippen molar-refractivity contribution in [1.29, 1.82) is 0 Å². The summed E-state index contributed by atoms with van der Waals surface area (Å²) in [6, 6.07) is 6.29. The standard InChI is InChI=1S/C14H23N3/c1-3-16(4-2)7-8-17-10-12-5-6-14(15)9-13(12)11-17/h5-6,9H,3-4,7-8,10-11,15H2,1-2H3. The summed E-state index contributed by atoms with van der Waals surface area (Å²) in [6.45, 7) is 11.2. The Kier molecular flexibility index (Phi) is 4.02. The van der Waals surface area contributed by atoms with Crippen LogP contribution in [-0.4, -0.2) is 36.0 Å². The lowest BCUT2D eigenvalue weighted by atomic mass is 10.1. The molecule has 0 aromatic heterocycles. The van der Waals surface area contributed by atoms with Crippen LogP contribution in [0, 0.1) is 0 Å². The van der Waals surface area contributed by atoms with Crippen LogP contribution in [0.4, 0.5) is 5.69 Å². The molecule has 0 atom stereocenters. The first-order chi connectivity index (χ1) is 8.22. The second kappa shape index (κ2) is 5.52. The van der Waals surface area contributed by atoms with E-state index in [4.69, 9.17) is 5.73 Å². The third-order valence-electron chi connectivity index (χ3n) is 3.65. The van der Waals surface area contributed by atoms with Crippen molar-refractivity contribution in [3.05, 3.63) is 29.3 Å². The van der Waals surface area contributed by atoms with Crippen molar-refractivity contribution in [2.45, 2.75) is 26.9 Å². The van der Waals surface area contributed by atoms with Gasteiger partial charge < -0.3 is 10.6 Å². The maximum atomic E-state index is 5.81. The molecule has 1 heterocycles. The van der Waals surface area contributed by atoms with E-state index in [2.05, 4.69) is 35.8 Å². The first-order valence-electron chi connectivity index (χ1n) is 6.55. The number of nitrogen functional groups attached to an aromatic ring is 1. The van der Waals surface area contributed by atoms with Gasteiger partial charge in [0.2, 0.25) is 0 Å². The number of fused-ring (bicyclic) bond motifs is 1. The number of nitrogens with two attached hydrogens (primary N) is 1. The van der Waals surface area contributed by atoms with Gasteiger partial charge in [-0.2, -0.15) is 0 Å². The van der Waals surface area contributed by atoms with Gasteiger partial charge in [-0.15, -0.1) is 0 Å². The first-order valence-corrected chi connectivity index (χ1v) is 6.55. The molecule has 0 bridgehead atoms. The minimum absolute atomic E-state index is 0.884. The Bertz CT molecular complexity index is 372. The lowest BCUT2D eigenvalue weighted by Crippen LogP contribution is -2.32. The van der Waals surface area contributed by atoms with Crippen LogP contribution in [0.5, 0.6) is 0 Å². The smallest absolute Gasteiger partial charge is 0.0317 e. The van der Waals surface area contributed by atoms with Crippen molar-refractivity contribution in [3.63, 3.8) is 0 Å². The molecule has 0 saturated carbocycles. The van der Waals surface area contributed by atoms with Crippen LogP contribution in [-0.2, 0) is 13.1 Å². The third kappa shape index (κ3) is 2.99. The van der Waals surface area contributed by atoms with Gasteiger partial charge in [-0.25, -0.2) is 0 Å². The Morgan fingerprint density at radius 3 is 2.59 bits per heavy atom. The predicted molar refractivity (Wildman–Crippen MR) is 72.8 cm³/mol. The van der Waals surface area contributed by atoms with Gasteiger partial charge in [0, 0.05) is 31.9 Å². The van der Waals surface area contributed by atoms with Gasteiger partial charge in [-0.1, -0.05) is 19.9 Å². The lowest BCUT2D eigenvalue weighted by molar-refractivity contribution is 0.216. The topological polar surface area (TPSA) is 32.5 Å². The van der Waals surface area contributed by atoms with Crippen LogP contribution in [0.2, 0.25) is 0 Å². The number of likely N-dealkylation sites (N-methyl/N-ethyl adjacent to an activating group) is 1. The highest BCUT2D eigenvalue weighted by Gasteiger charge is 2.18. The number of hydrogen-bond acceptors (Lipinski definition) is 3. The van der Waals surface area contributed by atoms with E-state index in [0.29, 0.717) is 0 Å². The molecule has 3 nitrogen and oxygen atoms in total. The summed E-state index contributed by atoms with van der Waals surface area (Å²) < 4.78 is 0. The number of rotatable bonds is 5. The Hall–Kier alpha value is -1.06. The molecule has 0 unspecified atom stereocenters. The highest BCUT2D eigenvalue weighted by atomic mass is 15.2. The summed E-state index contributed by atoms with van der Waals surface area (Å²) in [5.74, 6) is 0. The van der Waals surface area contributed by atoms with Gasteiger partial charge in [-0.3, -0.25) is 4.90 Å². The number of benzene rings is 1. The largest absolute Gasteiger partial charge is 0.399 e. The normalized spacial score (nSPS) is 15.5. The molecule has 0 saturated heterocycles. The molecule has 3 heteroatoms. The van der Waals surface area contributed by atoms with E-state index >= 15 is 0 Å². The molecule has 0 radical (unpaired) electrons. The van der Waals surface area contributed by atoms with Gasteiger partial charge in [-0.05, 0) is 36.3 Å². The van der Waals surface area contributed by atoms with E-state index in [1.165, 1.54) is 11.1 Å². The fourth-order valence-corrected chi connectivity index (χ4v) is 2.47. The molecule has 2 N–H and O–H groups in total. The molecule has 1 aromatic carbocycles. The summed E-state index contributed by atoms with van der Waals surface area (Å²) in [5, 5.41) is 0. The van der Waals surface area contributed by atoms with Crippen molar-refractivity contribution in [2.75, 3.05) is 31.9 Å². The van der Waals surface area contributed by atoms with E-state index in [9.17, 15) is 0 Å². The lowest BCUT2D eigenvalue weighted by Gasteiger charge is -2.22. The van der Waals surface area contributed by atoms with Crippen molar-refractivity contribution >= 4 is 5.69 Å². The zero-order valence-electron chi connectivity index (χ0n) is 10.9. The second-order valence-corrected chi connectivity index (χ2v) is 4.77. The summed E-state index contributed by atoms with van der Waals surface area (Å²) in [6.07, 6.45) is 0. The molecule has 0 aliphatic carbocycles. The van der Waals surface area contributed by atoms with Crippen molar-refractivity contribution in [1.82, 2.24) is 9.80 Å². The Balaban J connectivity index is 1.88. The molecule has 2 rings (SSSR count). The minimum Gasteiger partial charge on any atom is -0.399 e. The number of hydrogen-bond donors (Lipinski definition) is 1. The quantitative estimate of drug-likeness (QED) is 0.789. The summed E-state index contributed by atoms with van der Waals surface area (Å²) in [4.78, 5) is 4.97. The molecular formula is C14H23N3. The molecule has 94 valence electrons. The minimum atomic E-state index is 0.884. The number of anilines is 1. The van der Waals surface area contributed by atoms with E-state index in [0.717, 1.165) is 45.0 Å². The molecule has 0 fully saturated rings. The van der Waals surface area contributed by atoms with Crippen LogP contribution in [0.3, 0.4) is 0 Å². The van der Waals surface area contributed by atoms with Gasteiger partial charge in [0.1, 0.15) is 0 Å². The molecule has 17 heavy (non-hydrogen) atoms. The Morgan fingerprint density at radius 1 is 1.18 bits per heavy atom. The van der Waals surface area contributed by atoms with Crippen LogP contribution in [0.1, 0.15) is 25.0 Å². The zero-order valence-corrected chi connectivity index (χ0v) is 10.9. The summed E-state index contributed by atoms with van der Waals surface area (Å²) in [5.41, 5.74) is 9.55. The summed E-state index contributed by atoms with van der Waals surface area (Å²) in [7, 11) is 0. The van der Waals surface area contributed by atoms with Crippen LogP contribution in [0.15, 0.2) is 18.2 Å². The van der Waals surface area contributed by atoms with Crippen molar-refractivity contribution in [3.8, 4) is 0 Å². The molecule has 0 spiro atoms. The second-order valence-electron chi connectivity index (χ2n) is 4.77. The molecule has 0 amide bonds. The Labute approximate surface area is 104 Å². The van der Waals surface area contributed by atoms with E-state index in [1.807, 2.05) is 6.07 Å². The van der Waals surface area contributed by atoms with Gasteiger partial charge in [0.25, 0.3) is 0 Å². The van der Waals surface area contributed by atoms with Crippen LogP contribution < -0.4 is 5.73 Å². The highest BCUT2D eigenvalue weighted by molar-refractivity contribution is 5.46. The Morgan fingerprint density at radius 2 is 1.88 bits per heavy atom. The van der Waals surface area contributed by atoms with Crippen molar-refractivity contribution in [2.24, 2.45) is 0 Å². The van der Waals surface area contributed by atoms with Gasteiger partial charge in [0.05, 0.1) is 0 Å². The molecule has 1 aliphatic heterocycles. The van der Waals surface area contributed by atoms with Gasteiger partial charge in [0.15, 0.2) is 0 Å². The van der Waals surface area contributed by atoms with Crippen LogP contribution in [0.25, 0.3) is 0 Å². The van der Waals surface area contributed by atoms with Gasteiger partial charge >= 0.3 is 0 Å². The summed E-state index contributed by atoms with van der Waals surface area (Å²) >= 11 is 0. The van der Waals surface area contributed by atoms with E-state index in [-0.39, 0.29) is 0 Å². The average Bonchev–Trinajstić information content (AvgIpc) is 2.72. The monoisotopic (exact) mass is 233 g/mol. The third-order valence-corrected chi connectivity index (χ3v) is 3.65. The maximum Gasteiger partial charge on any atom is 0.0317 e. The maximum absolute atomic E-state index is 5.81. The SMILES string of the molecule is CCN(CC)CCN1Cc2ccc(N)cc2C1. The van der Waals surface area contributed by atoms with E-state index in [1.54, 1.807) is 0 Å². The van der Waals surface area contributed by atoms with E-state index < -0.39 is 0 Å². The fraction of sp³-hybridized carbons (Fsp3) is 0.571. The first kappa shape index (κ1) is 12.4. The number of nitrogens with zero attached hydrogens (tertiary/aromatic N) is 2. The van der Waals surface area contributed by atoms with Crippen molar-refractivity contribution < 1.29 is 0 Å². The molecule has 1 aromatic rings. The fourth-order valence-electron chi connectivity index (χ4n) is 2.47. The average molecular weight is 233 g/mol. The molecule has 1 aliphatic rings. The highest BCUT2D eigenvalue weighted by Crippen LogP contribution is 2.24. The predicted octanol–water partition coefficient (Wildman–Crippen LogP) is 1.93. The molecular weight excluding hydrogens is 210 g/mol. The van der Waals surface area contributed by atoms with Crippen LogP contribution >= 0.6 is 0 Å².